The van der Waals surface area contributed by atoms with Crippen molar-refractivity contribution in [1.82, 2.24) is 10.3 Å². The summed E-state index contributed by atoms with van der Waals surface area (Å²) in [5, 5.41) is 4.00. The molecule has 0 atom stereocenters. The van der Waals surface area contributed by atoms with Crippen LogP contribution in [0.4, 0.5) is 10.6 Å². The minimum atomic E-state index is -0.313. The highest BCUT2D eigenvalue weighted by atomic mass is 32.2. The first-order chi connectivity index (χ1) is 11.6. The van der Waals surface area contributed by atoms with Gasteiger partial charge in [0, 0.05) is 36.2 Å². The van der Waals surface area contributed by atoms with Crippen molar-refractivity contribution in [2.24, 2.45) is 0 Å². The molecule has 1 spiro atoms. The smallest absolute Gasteiger partial charge is 0.407 e. The van der Waals surface area contributed by atoms with Crippen LogP contribution in [0.2, 0.25) is 0 Å². The number of alkyl carbamates (subject to hydrolysis) is 1. The van der Waals surface area contributed by atoms with Gasteiger partial charge < -0.3 is 15.0 Å². The van der Waals surface area contributed by atoms with Crippen LogP contribution in [0.25, 0.3) is 10.9 Å². The molecule has 5 nitrogen and oxygen atoms in total. The number of fused-ring (bicyclic) bond motifs is 1. The Bertz CT molecular complexity index is 800. The molecule has 1 aromatic heterocycles. The predicted octanol–water partition coefficient (Wildman–Crippen LogP) is 3.34. The number of nitrogens with zero attached hydrogens (tertiary/aromatic N) is 2. The molecule has 2 aliphatic heterocycles. The van der Waals surface area contributed by atoms with E-state index in [0.29, 0.717) is 6.54 Å². The lowest BCUT2D eigenvalue weighted by atomic mass is 9.91. The van der Waals surface area contributed by atoms with E-state index in [0.717, 1.165) is 37.3 Å². The van der Waals surface area contributed by atoms with Crippen LogP contribution in [0.5, 0.6) is 0 Å². The second-order valence-electron chi connectivity index (χ2n) is 6.59. The number of anilines is 1. The molecular formula is C18H21N3O2S. The van der Waals surface area contributed by atoms with E-state index < -0.39 is 0 Å². The van der Waals surface area contributed by atoms with Gasteiger partial charge in [-0.2, -0.15) is 0 Å². The molecule has 0 unspecified atom stereocenters. The molecule has 1 N–H and O–H groups in total. The Kier molecular flexibility index (Phi) is 3.79. The van der Waals surface area contributed by atoms with Crippen molar-refractivity contribution in [3.63, 3.8) is 0 Å². The molecule has 2 fully saturated rings. The molecule has 126 valence electrons. The monoisotopic (exact) mass is 343 g/mol. The number of aryl methyl sites for hydroxylation is 1. The number of pyridine rings is 1. The minimum Gasteiger partial charge on any atom is -0.441 e. The number of carbonyl (C=O) groups excluding carboxylic acids is 1. The SMILES string of the molecule is CSc1ccc2nc(N3CCC4(CC3)CNC(=O)O4)cc(C)c2c1. The van der Waals surface area contributed by atoms with Gasteiger partial charge in [-0.15, -0.1) is 11.8 Å². The Morgan fingerprint density at radius 1 is 1.29 bits per heavy atom. The summed E-state index contributed by atoms with van der Waals surface area (Å²) in [6.07, 6.45) is 3.49. The predicted molar refractivity (Wildman–Crippen MR) is 96.9 cm³/mol. The maximum Gasteiger partial charge on any atom is 0.407 e. The van der Waals surface area contributed by atoms with E-state index in [1.165, 1.54) is 15.8 Å². The summed E-state index contributed by atoms with van der Waals surface area (Å²) >= 11 is 1.75. The Balaban J connectivity index is 1.58. The molecule has 4 rings (SSSR count). The van der Waals surface area contributed by atoms with Crippen molar-refractivity contribution < 1.29 is 9.53 Å². The summed E-state index contributed by atoms with van der Waals surface area (Å²) in [5.74, 6) is 1.02. The van der Waals surface area contributed by atoms with E-state index in [-0.39, 0.29) is 11.7 Å². The normalized spacial score (nSPS) is 19.6. The van der Waals surface area contributed by atoms with Gasteiger partial charge in [0.1, 0.15) is 11.4 Å². The van der Waals surface area contributed by atoms with E-state index in [9.17, 15) is 4.79 Å². The maximum absolute atomic E-state index is 11.4. The van der Waals surface area contributed by atoms with E-state index in [1.54, 1.807) is 11.8 Å². The van der Waals surface area contributed by atoms with Crippen molar-refractivity contribution in [2.45, 2.75) is 30.3 Å². The topological polar surface area (TPSA) is 54.5 Å². The lowest BCUT2D eigenvalue weighted by Gasteiger charge is -2.37. The Hall–Kier alpha value is -1.95. The van der Waals surface area contributed by atoms with Gasteiger partial charge in [-0.3, -0.25) is 0 Å². The third-order valence-corrected chi connectivity index (χ3v) is 5.80. The number of ether oxygens (including phenoxy) is 1. The third kappa shape index (κ3) is 2.69. The average molecular weight is 343 g/mol. The van der Waals surface area contributed by atoms with Crippen LogP contribution in [0.3, 0.4) is 0 Å². The van der Waals surface area contributed by atoms with Gasteiger partial charge in [-0.25, -0.2) is 9.78 Å². The third-order valence-electron chi connectivity index (χ3n) is 5.07. The van der Waals surface area contributed by atoms with Crippen LogP contribution in [0.15, 0.2) is 29.2 Å². The lowest BCUT2D eigenvalue weighted by Crippen LogP contribution is -2.46. The Morgan fingerprint density at radius 3 is 2.75 bits per heavy atom. The van der Waals surface area contributed by atoms with E-state index >= 15 is 0 Å². The summed E-state index contributed by atoms with van der Waals surface area (Å²) in [6.45, 7) is 4.48. The van der Waals surface area contributed by atoms with Gasteiger partial charge >= 0.3 is 6.09 Å². The number of amides is 1. The average Bonchev–Trinajstić information content (AvgIpc) is 2.95. The molecule has 1 aromatic carbocycles. The van der Waals surface area contributed by atoms with Gasteiger partial charge in [0.2, 0.25) is 0 Å². The first-order valence-electron chi connectivity index (χ1n) is 8.26. The molecule has 6 heteroatoms. The Morgan fingerprint density at radius 2 is 2.08 bits per heavy atom. The zero-order chi connectivity index (χ0) is 16.7. The maximum atomic E-state index is 11.4. The zero-order valence-corrected chi connectivity index (χ0v) is 14.8. The second kappa shape index (κ2) is 5.84. The first kappa shape index (κ1) is 15.6. The summed E-state index contributed by atoms with van der Waals surface area (Å²) in [6, 6.07) is 8.61. The number of aromatic nitrogens is 1. The standard InChI is InChI=1S/C18H21N3O2S/c1-12-9-16(20-15-4-3-13(24-2)10-14(12)15)21-7-5-18(6-8-21)11-19-17(22)23-18/h3-4,9-10H,5-8,11H2,1-2H3,(H,19,22). The first-order valence-corrected chi connectivity index (χ1v) is 9.48. The zero-order valence-electron chi connectivity index (χ0n) is 14.0. The van der Waals surface area contributed by atoms with Crippen molar-refractivity contribution in [3.8, 4) is 0 Å². The highest BCUT2D eigenvalue weighted by Gasteiger charge is 2.43. The van der Waals surface area contributed by atoms with Crippen LogP contribution >= 0.6 is 11.8 Å². The minimum absolute atomic E-state index is 0.285. The fraction of sp³-hybridized carbons (Fsp3) is 0.444. The summed E-state index contributed by atoms with van der Waals surface area (Å²) in [5.41, 5.74) is 1.98. The number of hydrogen-bond acceptors (Lipinski definition) is 5. The molecule has 0 radical (unpaired) electrons. The molecule has 2 saturated heterocycles. The van der Waals surface area contributed by atoms with E-state index in [2.05, 4.69) is 47.7 Å². The van der Waals surface area contributed by atoms with Gasteiger partial charge in [0.25, 0.3) is 0 Å². The fourth-order valence-corrected chi connectivity index (χ4v) is 4.01. The van der Waals surface area contributed by atoms with Crippen LogP contribution in [0.1, 0.15) is 18.4 Å². The molecule has 0 bridgehead atoms. The molecule has 2 aliphatic rings. The van der Waals surface area contributed by atoms with Gasteiger partial charge in [-0.05, 0) is 43.0 Å². The van der Waals surface area contributed by atoms with Crippen LogP contribution in [-0.2, 0) is 4.74 Å². The molecular weight excluding hydrogens is 322 g/mol. The largest absolute Gasteiger partial charge is 0.441 e. The van der Waals surface area contributed by atoms with Crippen molar-refractivity contribution in [1.29, 1.82) is 0 Å². The van der Waals surface area contributed by atoms with Crippen molar-refractivity contribution in [3.05, 3.63) is 29.8 Å². The van der Waals surface area contributed by atoms with E-state index in [1.807, 2.05) is 0 Å². The van der Waals surface area contributed by atoms with Crippen LogP contribution < -0.4 is 10.2 Å². The number of benzene rings is 1. The number of rotatable bonds is 2. The quantitative estimate of drug-likeness (QED) is 0.848. The number of piperidine rings is 1. The van der Waals surface area contributed by atoms with Crippen molar-refractivity contribution >= 4 is 34.6 Å². The molecule has 1 amide bonds. The molecule has 2 aromatic rings. The highest BCUT2D eigenvalue weighted by Crippen LogP contribution is 2.32. The van der Waals surface area contributed by atoms with Crippen LogP contribution in [0, 0.1) is 6.92 Å². The summed E-state index contributed by atoms with van der Waals surface area (Å²) < 4.78 is 5.49. The fourth-order valence-electron chi connectivity index (χ4n) is 3.57. The van der Waals surface area contributed by atoms with E-state index in [4.69, 9.17) is 9.72 Å². The van der Waals surface area contributed by atoms with Crippen LogP contribution in [-0.4, -0.2) is 42.6 Å². The number of hydrogen-bond donors (Lipinski definition) is 1. The number of carbonyl (C=O) groups is 1. The van der Waals surface area contributed by atoms with Gasteiger partial charge in [0.15, 0.2) is 0 Å². The Labute approximate surface area is 145 Å². The molecule has 0 aliphatic carbocycles. The molecule has 0 saturated carbocycles. The van der Waals surface area contributed by atoms with Crippen molar-refractivity contribution in [2.75, 3.05) is 30.8 Å². The number of thioether (sulfide) groups is 1. The second-order valence-corrected chi connectivity index (χ2v) is 7.47. The summed E-state index contributed by atoms with van der Waals surface area (Å²) in [7, 11) is 0. The number of nitrogens with one attached hydrogen (secondary N) is 1. The summed E-state index contributed by atoms with van der Waals surface area (Å²) in [4.78, 5) is 19.8. The van der Waals surface area contributed by atoms with Gasteiger partial charge in [-0.1, -0.05) is 0 Å². The van der Waals surface area contributed by atoms with Gasteiger partial charge in [0.05, 0.1) is 12.1 Å². The highest BCUT2D eigenvalue weighted by molar-refractivity contribution is 7.98. The molecule has 24 heavy (non-hydrogen) atoms. The lowest BCUT2D eigenvalue weighted by molar-refractivity contribution is 0.0366. The molecule has 3 heterocycles.